The molecule has 1 unspecified atom stereocenters. The van der Waals surface area contributed by atoms with Crippen LogP contribution in [0.25, 0.3) is 0 Å². The third kappa shape index (κ3) is 9.68. The zero-order chi connectivity index (χ0) is 13.9. The third-order valence-electron chi connectivity index (χ3n) is 3.56. The molecule has 0 rings (SSSR count). The molecule has 0 aromatic carbocycles. The summed E-state index contributed by atoms with van der Waals surface area (Å²) < 4.78 is 0. The molecular weight excluding hydrogens is 204 g/mol. The Bertz CT molecular complexity index is 204. The van der Waals surface area contributed by atoms with E-state index in [-0.39, 0.29) is 0 Å². The van der Waals surface area contributed by atoms with Gasteiger partial charge in [-0.15, -0.1) is 0 Å². The minimum atomic E-state index is 0.450. The highest BCUT2D eigenvalue weighted by Crippen LogP contribution is 2.39. The topological polar surface area (TPSA) is 0 Å². The van der Waals surface area contributed by atoms with E-state index in [1.54, 1.807) is 0 Å². The maximum atomic E-state index is 2.40. The standard InChI is InChI=1S/C17H36/c1-15(2,3)12-10-11-14(17(7,8)9)13-16(4,5)6/h14H,10-13H2,1-9H3. The van der Waals surface area contributed by atoms with Crippen molar-refractivity contribution in [2.24, 2.45) is 22.2 Å². The first kappa shape index (κ1) is 17.0. The Labute approximate surface area is 111 Å². The molecule has 0 saturated heterocycles. The summed E-state index contributed by atoms with van der Waals surface area (Å²) in [7, 11) is 0. The molecule has 17 heavy (non-hydrogen) atoms. The van der Waals surface area contributed by atoms with E-state index in [0.717, 1.165) is 5.92 Å². The van der Waals surface area contributed by atoms with E-state index in [0.29, 0.717) is 16.2 Å². The second-order valence-corrected chi connectivity index (χ2v) is 9.28. The van der Waals surface area contributed by atoms with Crippen molar-refractivity contribution >= 4 is 0 Å². The van der Waals surface area contributed by atoms with Crippen molar-refractivity contribution in [1.82, 2.24) is 0 Å². The predicted octanol–water partition coefficient (Wildman–Crippen LogP) is 6.30. The van der Waals surface area contributed by atoms with Crippen LogP contribution in [0.4, 0.5) is 0 Å². The van der Waals surface area contributed by atoms with E-state index >= 15 is 0 Å². The van der Waals surface area contributed by atoms with E-state index < -0.39 is 0 Å². The highest BCUT2D eigenvalue weighted by atomic mass is 14.3. The number of hydrogen-bond donors (Lipinski definition) is 0. The largest absolute Gasteiger partial charge is 0.0602 e. The van der Waals surface area contributed by atoms with Crippen LogP contribution in [-0.2, 0) is 0 Å². The molecule has 0 amide bonds. The second kappa shape index (κ2) is 5.76. The molecular formula is C17H36. The van der Waals surface area contributed by atoms with Crippen molar-refractivity contribution in [3.8, 4) is 0 Å². The molecule has 0 bridgehead atoms. The lowest BCUT2D eigenvalue weighted by Crippen LogP contribution is -2.26. The van der Waals surface area contributed by atoms with Crippen LogP contribution in [0.5, 0.6) is 0 Å². The summed E-state index contributed by atoms with van der Waals surface area (Å²) in [6, 6.07) is 0. The van der Waals surface area contributed by atoms with Crippen molar-refractivity contribution in [2.45, 2.75) is 88.0 Å². The molecule has 0 aliphatic heterocycles. The Morgan fingerprint density at radius 3 is 1.47 bits per heavy atom. The summed E-state index contributed by atoms with van der Waals surface area (Å²) in [5.74, 6) is 0.852. The zero-order valence-electron chi connectivity index (χ0n) is 13.9. The lowest BCUT2D eigenvalue weighted by molar-refractivity contribution is 0.147. The fourth-order valence-corrected chi connectivity index (χ4v) is 2.46. The fraction of sp³-hybridized carbons (Fsp3) is 1.00. The molecule has 0 N–H and O–H groups in total. The normalized spacial score (nSPS) is 16.1. The molecule has 0 saturated carbocycles. The molecule has 0 radical (unpaired) electrons. The SMILES string of the molecule is CC(C)(C)CCCC(CC(C)(C)C)C(C)(C)C. The van der Waals surface area contributed by atoms with Crippen molar-refractivity contribution < 1.29 is 0 Å². The summed E-state index contributed by atoms with van der Waals surface area (Å²) in [5.41, 5.74) is 1.40. The molecule has 0 spiro atoms. The maximum absolute atomic E-state index is 2.40. The summed E-state index contributed by atoms with van der Waals surface area (Å²) >= 11 is 0. The second-order valence-electron chi connectivity index (χ2n) is 9.28. The van der Waals surface area contributed by atoms with Gasteiger partial charge in [-0.1, -0.05) is 68.7 Å². The van der Waals surface area contributed by atoms with Crippen molar-refractivity contribution in [3.63, 3.8) is 0 Å². The van der Waals surface area contributed by atoms with Gasteiger partial charge in [0, 0.05) is 0 Å². The predicted molar refractivity (Wildman–Crippen MR) is 80.3 cm³/mol. The summed E-state index contributed by atoms with van der Waals surface area (Å²) in [4.78, 5) is 0. The van der Waals surface area contributed by atoms with Gasteiger partial charge < -0.3 is 0 Å². The lowest BCUT2D eigenvalue weighted by atomic mass is 9.69. The quantitative estimate of drug-likeness (QED) is 0.541. The first-order valence-electron chi connectivity index (χ1n) is 7.31. The van der Waals surface area contributed by atoms with Crippen LogP contribution in [0.3, 0.4) is 0 Å². The van der Waals surface area contributed by atoms with Crippen molar-refractivity contribution in [3.05, 3.63) is 0 Å². The van der Waals surface area contributed by atoms with Gasteiger partial charge in [-0.2, -0.15) is 0 Å². The van der Waals surface area contributed by atoms with Crippen LogP contribution < -0.4 is 0 Å². The lowest BCUT2D eigenvalue weighted by Gasteiger charge is -2.36. The monoisotopic (exact) mass is 240 g/mol. The molecule has 1 atom stereocenters. The van der Waals surface area contributed by atoms with E-state index in [1.165, 1.54) is 25.7 Å². The summed E-state index contributed by atoms with van der Waals surface area (Å²) in [6.07, 6.45) is 5.46. The average molecular weight is 240 g/mol. The van der Waals surface area contributed by atoms with Gasteiger partial charge in [0.2, 0.25) is 0 Å². The molecule has 0 aliphatic rings. The molecule has 0 nitrogen and oxygen atoms in total. The van der Waals surface area contributed by atoms with E-state index in [1.807, 2.05) is 0 Å². The first-order chi connectivity index (χ1) is 7.31. The minimum Gasteiger partial charge on any atom is -0.0602 e. The van der Waals surface area contributed by atoms with Crippen molar-refractivity contribution in [1.29, 1.82) is 0 Å². The molecule has 104 valence electrons. The van der Waals surface area contributed by atoms with E-state index in [4.69, 9.17) is 0 Å². The van der Waals surface area contributed by atoms with Gasteiger partial charge in [-0.3, -0.25) is 0 Å². The zero-order valence-corrected chi connectivity index (χ0v) is 13.9. The van der Waals surface area contributed by atoms with Crippen molar-refractivity contribution in [2.75, 3.05) is 0 Å². The van der Waals surface area contributed by atoms with Crippen LogP contribution in [0.1, 0.15) is 88.0 Å². The summed E-state index contributed by atoms with van der Waals surface area (Å²) in [6.45, 7) is 21.4. The Hall–Kier alpha value is 0. The van der Waals surface area contributed by atoms with Crippen LogP contribution >= 0.6 is 0 Å². The highest BCUT2D eigenvalue weighted by Gasteiger charge is 2.28. The van der Waals surface area contributed by atoms with Gasteiger partial charge in [-0.25, -0.2) is 0 Å². The molecule has 0 heterocycles. The van der Waals surface area contributed by atoms with Gasteiger partial charge in [0.05, 0.1) is 0 Å². The van der Waals surface area contributed by atoms with Gasteiger partial charge in [-0.05, 0) is 41.4 Å². The first-order valence-corrected chi connectivity index (χ1v) is 7.31. The molecule has 0 fully saturated rings. The Morgan fingerprint density at radius 2 is 1.18 bits per heavy atom. The van der Waals surface area contributed by atoms with Crippen LogP contribution in [0.15, 0.2) is 0 Å². The van der Waals surface area contributed by atoms with E-state index in [9.17, 15) is 0 Å². The Balaban J connectivity index is 4.33. The highest BCUT2D eigenvalue weighted by molar-refractivity contribution is 4.79. The average Bonchev–Trinajstić information content (AvgIpc) is 1.95. The van der Waals surface area contributed by atoms with E-state index in [2.05, 4.69) is 62.3 Å². The van der Waals surface area contributed by atoms with Crippen LogP contribution in [-0.4, -0.2) is 0 Å². The smallest absolute Gasteiger partial charge is 0.0354 e. The van der Waals surface area contributed by atoms with Gasteiger partial charge in [0.1, 0.15) is 0 Å². The molecule has 0 aromatic rings. The van der Waals surface area contributed by atoms with Crippen LogP contribution in [0, 0.1) is 22.2 Å². The summed E-state index contributed by atoms with van der Waals surface area (Å²) in [5, 5.41) is 0. The Morgan fingerprint density at radius 1 is 0.706 bits per heavy atom. The minimum absolute atomic E-state index is 0.450. The van der Waals surface area contributed by atoms with Crippen LogP contribution in [0.2, 0.25) is 0 Å². The Kier molecular flexibility index (Phi) is 5.76. The van der Waals surface area contributed by atoms with Gasteiger partial charge >= 0.3 is 0 Å². The molecule has 0 aromatic heterocycles. The molecule has 0 heteroatoms. The molecule has 0 aliphatic carbocycles. The fourth-order valence-electron chi connectivity index (χ4n) is 2.46. The number of rotatable bonds is 4. The third-order valence-corrected chi connectivity index (χ3v) is 3.56. The maximum Gasteiger partial charge on any atom is -0.0354 e. The van der Waals surface area contributed by atoms with Gasteiger partial charge in [0.15, 0.2) is 0 Å². The van der Waals surface area contributed by atoms with Gasteiger partial charge in [0.25, 0.3) is 0 Å². The number of hydrogen-bond acceptors (Lipinski definition) is 0.